The van der Waals surface area contributed by atoms with E-state index in [-0.39, 0.29) is 22.3 Å². The van der Waals surface area contributed by atoms with Crippen LogP contribution in [0, 0.1) is 45.8 Å². The number of aliphatic hydroxyl groups excluding tert-OH is 2. The Morgan fingerprint density at radius 2 is 1.75 bits per heavy atom. The van der Waals surface area contributed by atoms with Crippen molar-refractivity contribution in [3.63, 3.8) is 0 Å². The average molecular weight is 449 g/mol. The first-order chi connectivity index (χ1) is 14.7. The molecule has 0 aromatic carbocycles. The molecule has 0 radical (unpaired) electrons. The van der Waals surface area contributed by atoms with E-state index >= 15 is 0 Å². The molecule has 0 spiro atoms. The van der Waals surface area contributed by atoms with E-state index < -0.39 is 11.7 Å². The summed E-state index contributed by atoms with van der Waals surface area (Å²) in [6.07, 6.45) is 8.54. The van der Waals surface area contributed by atoms with Crippen molar-refractivity contribution in [1.29, 1.82) is 0 Å². The van der Waals surface area contributed by atoms with Crippen molar-refractivity contribution in [3.05, 3.63) is 0 Å². The summed E-state index contributed by atoms with van der Waals surface area (Å²) in [6.45, 7) is 12.9. The molecule has 10 atom stereocenters. The van der Waals surface area contributed by atoms with Crippen molar-refractivity contribution in [1.82, 2.24) is 0 Å². The van der Waals surface area contributed by atoms with Gasteiger partial charge in [0.05, 0.1) is 17.8 Å². The highest BCUT2D eigenvalue weighted by molar-refractivity contribution is 5.80. The van der Waals surface area contributed by atoms with Crippen LogP contribution in [0.25, 0.3) is 0 Å². The lowest BCUT2D eigenvalue weighted by Gasteiger charge is -2.65. The molecular formula is C28H48O4. The second-order valence-corrected chi connectivity index (χ2v) is 13.7. The number of aliphatic hydroxyl groups is 3. The Morgan fingerprint density at radius 1 is 1.06 bits per heavy atom. The Bertz CT molecular complexity index is 727. The topological polar surface area (TPSA) is 77.8 Å². The summed E-state index contributed by atoms with van der Waals surface area (Å²) in [5.74, 6) is 2.95. The van der Waals surface area contributed by atoms with Gasteiger partial charge in [0.2, 0.25) is 0 Å². The van der Waals surface area contributed by atoms with Crippen LogP contribution >= 0.6 is 0 Å². The van der Waals surface area contributed by atoms with Gasteiger partial charge in [-0.25, -0.2) is 0 Å². The molecule has 0 amide bonds. The lowest BCUT2D eigenvalue weighted by molar-refractivity contribution is -0.198. The molecule has 0 saturated heterocycles. The maximum Gasteiger partial charge on any atom is 0.133 e. The minimum Gasteiger partial charge on any atom is -0.393 e. The van der Waals surface area contributed by atoms with E-state index in [1.54, 1.807) is 13.8 Å². The molecule has 184 valence electrons. The van der Waals surface area contributed by atoms with E-state index in [2.05, 4.69) is 27.7 Å². The van der Waals surface area contributed by atoms with E-state index in [1.807, 2.05) is 0 Å². The van der Waals surface area contributed by atoms with Gasteiger partial charge >= 0.3 is 0 Å². The molecule has 4 heteroatoms. The molecule has 4 aliphatic rings. The van der Waals surface area contributed by atoms with Crippen molar-refractivity contribution in [2.24, 2.45) is 45.8 Å². The van der Waals surface area contributed by atoms with Gasteiger partial charge in [-0.3, -0.25) is 4.79 Å². The quantitative estimate of drug-likeness (QED) is 0.545. The molecule has 4 rings (SSSR count). The largest absolute Gasteiger partial charge is 0.393 e. The third-order valence-electron chi connectivity index (χ3n) is 11.6. The molecule has 4 nitrogen and oxygen atoms in total. The molecule has 4 aliphatic carbocycles. The SMILES string of the molecule is C[C@H](CCC(O)C(C)(C)O)[C@H]1CC[C@H]2[C@@H]3C(O)C[C@]4(C)CC(=O)CC[C@]4(C)[C@H]3CC[C@]12C. The minimum absolute atomic E-state index is 0.0603. The molecule has 4 saturated carbocycles. The third kappa shape index (κ3) is 3.71. The van der Waals surface area contributed by atoms with Crippen LogP contribution in [0.15, 0.2) is 0 Å². The van der Waals surface area contributed by atoms with Crippen LogP contribution in [0.2, 0.25) is 0 Å². The fraction of sp³-hybridized carbons (Fsp3) is 0.964. The van der Waals surface area contributed by atoms with E-state index in [0.29, 0.717) is 48.2 Å². The van der Waals surface area contributed by atoms with Gasteiger partial charge < -0.3 is 15.3 Å². The molecule has 0 bridgehead atoms. The molecule has 4 fully saturated rings. The summed E-state index contributed by atoms with van der Waals surface area (Å²) in [7, 11) is 0. The summed E-state index contributed by atoms with van der Waals surface area (Å²) in [4.78, 5) is 12.3. The van der Waals surface area contributed by atoms with E-state index in [0.717, 1.165) is 25.7 Å². The Morgan fingerprint density at radius 3 is 2.41 bits per heavy atom. The van der Waals surface area contributed by atoms with Gasteiger partial charge in [-0.05, 0) is 111 Å². The van der Waals surface area contributed by atoms with Gasteiger partial charge in [0.1, 0.15) is 5.78 Å². The van der Waals surface area contributed by atoms with Crippen LogP contribution in [-0.4, -0.2) is 38.9 Å². The molecular weight excluding hydrogens is 400 g/mol. The summed E-state index contributed by atoms with van der Waals surface area (Å²) in [6, 6.07) is 0. The summed E-state index contributed by atoms with van der Waals surface area (Å²) < 4.78 is 0. The van der Waals surface area contributed by atoms with Crippen molar-refractivity contribution in [2.75, 3.05) is 0 Å². The van der Waals surface area contributed by atoms with Crippen LogP contribution in [0.1, 0.15) is 106 Å². The molecule has 0 heterocycles. The maximum absolute atomic E-state index is 12.3. The lowest BCUT2D eigenvalue weighted by Crippen LogP contribution is -2.62. The zero-order chi connectivity index (χ0) is 23.7. The normalized spacial score (nSPS) is 48.5. The van der Waals surface area contributed by atoms with Crippen molar-refractivity contribution in [2.45, 2.75) is 124 Å². The Hall–Kier alpha value is -0.450. The highest BCUT2D eigenvalue weighted by atomic mass is 16.3. The Labute approximate surface area is 195 Å². The first kappa shape index (κ1) is 24.7. The van der Waals surface area contributed by atoms with Crippen molar-refractivity contribution in [3.8, 4) is 0 Å². The number of fused-ring (bicyclic) bond motifs is 5. The van der Waals surface area contributed by atoms with E-state index in [1.165, 1.54) is 25.7 Å². The summed E-state index contributed by atoms with van der Waals surface area (Å²) >= 11 is 0. The second kappa shape index (κ2) is 8.05. The van der Waals surface area contributed by atoms with Crippen molar-refractivity contribution < 1.29 is 20.1 Å². The molecule has 0 aromatic heterocycles. The standard InChI is InChI=1S/C28H48O4/c1-17(7-10-23(31)25(2,3)32)19-8-9-20-24-21(12-13-27(19,20)5)28(6)14-11-18(29)15-26(28,4)16-22(24)30/h17,19-24,30-32H,7-16H2,1-6H3/t17-,19-,20+,21+,22?,23?,24+,26+,27-,28-/m1/s1. The highest BCUT2D eigenvalue weighted by Crippen LogP contribution is 2.71. The van der Waals surface area contributed by atoms with Gasteiger partial charge in [-0.15, -0.1) is 0 Å². The molecule has 3 N–H and O–H groups in total. The Kier molecular flexibility index (Phi) is 6.21. The summed E-state index contributed by atoms with van der Waals surface area (Å²) in [5, 5.41) is 31.9. The van der Waals surface area contributed by atoms with Crippen molar-refractivity contribution >= 4 is 5.78 Å². The van der Waals surface area contributed by atoms with Crippen LogP contribution in [0.3, 0.4) is 0 Å². The minimum atomic E-state index is -1.05. The fourth-order valence-electron chi connectivity index (χ4n) is 9.39. The first-order valence-electron chi connectivity index (χ1n) is 13.3. The second-order valence-electron chi connectivity index (χ2n) is 13.7. The van der Waals surface area contributed by atoms with E-state index in [9.17, 15) is 20.1 Å². The molecule has 2 unspecified atom stereocenters. The van der Waals surface area contributed by atoms with Gasteiger partial charge in [-0.2, -0.15) is 0 Å². The van der Waals surface area contributed by atoms with E-state index in [4.69, 9.17) is 0 Å². The van der Waals surface area contributed by atoms with Gasteiger partial charge in [0.15, 0.2) is 0 Å². The predicted octanol–water partition coefficient (Wildman–Crippen LogP) is 5.12. The lowest BCUT2D eigenvalue weighted by atomic mass is 9.39. The number of rotatable bonds is 5. The zero-order valence-corrected chi connectivity index (χ0v) is 21.4. The predicted molar refractivity (Wildman–Crippen MR) is 127 cm³/mol. The average Bonchev–Trinajstić information content (AvgIpc) is 3.03. The molecule has 0 aliphatic heterocycles. The van der Waals surface area contributed by atoms with Crippen LogP contribution < -0.4 is 0 Å². The zero-order valence-electron chi connectivity index (χ0n) is 21.4. The smallest absolute Gasteiger partial charge is 0.133 e. The van der Waals surface area contributed by atoms with Crippen LogP contribution in [0.5, 0.6) is 0 Å². The number of carbonyl (C=O) groups is 1. The molecule has 32 heavy (non-hydrogen) atoms. The van der Waals surface area contributed by atoms with Crippen LogP contribution in [-0.2, 0) is 4.79 Å². The van der Waals surface area contributed by atoms with Crippen LogP contribution in [0.4, 0.5) is 0 Å². The number of Topliss-reactive ketones (excluding diaryl/α,β-unsaturated/α-hetero) is 1. The highest BCUT2D eigenvalue weighted by Gasteiger charge is 2.65. The number of ketones is 1. The third-order valence-corrected chi connectivity index (χ3v) is 11.6. The number of carbonyl (C=O) groups excluding carboxylic acids is 1. The molecule has 0 aromatic rings. The summed E-state index contributed by atoms with van der Waals surface area (Å²) in [5.41, 5.74) is -0.701. The number of hydrogen-bond donors (Lipinski definition) is 3. The van der Waals surface area contributed by atoms with Gasteiger partial charge in [0.25, 0.3) is 0 Å². The Balaban J connectivity index is 1.53. The monoisotopic (exact) mass is 448 g/mol. The van der Waals surface area contributed by atoms with Gasteiger partial charge in [-0.1, -0.05) is 27.7 Å². The number of hydrogen-bond acceptors (Lipinski definition) is 4. The maximum atomic E-state index is 12.3. The van der Waals surface area contributed by atoms with Gasteiger partial charge in [0, 0.05) is 12.8 Å². The first-order valence-corrected chi connectivity index (χ1v) is 13.3. The fourth-order valence-corrected chi connectivity index (χ4v) is 9.39.